The average molecular weight is 391 g/mol. The van der Waals surface area contributed by atoms with Crippen LogP contribution in [0.15, 0.2) is 75.7 Å². The normalized spacial score (nSPS) is 11.6. The molecule has 0 aliphatic carbocycles. The van der Waals surface area contributed by atoms with Crippen LogP contribution in [-0.4, -0.2) is 25.2 Å². The Hall–Kier alpha value is -3.35. The predicted molar refractivity (Wildman–Crippen MR) is 108 cm³/mol. The van der Waals surface area contributed by atoms with Gasteiger partial charge in [-0.05, 0) is 47.5 Å². The number of hydrogen-bond donors (Lipinski definition) is 1. The standard InChI is InChI=1S/C20H17N5O2S/c21-25-22-12-4-5-14-10-11-18-17(13-14)20(24-23-18)28(26,27)19-9-3-7-15-6-1-2-8-16(15)19/h1-3,6-11,13H,4-5,12H2,(H,23,24). The topological polar surface area (TPSA) is 112 Å². The third-order valence-corrected chi connectivity index (χ3v) is 6.46. The zero-order chi connectivity index (χ0) is 19.6. The number of benzene rings is 3. The summed E-state index contributed by atoms with van der Waals surface area (Å²) in [7, 11) is -3.78. The van der Waals surface area contributed by atoms with E-state index in [2.05, 4.69) is 20.2 Å². The Labute approximate surface area is 161 Å². The van der Waals surface area contributed by atoms with Crippen molar-refractivity contribution in [2.75, 3.05) is 6.54 Å². The van der Waals surface area contributed by atoms with Crippen LogP contribution in [0.1, 0.15) is 12.0 Å². The van der Waals surface area contributed by atoms with Crippen molar-refractivity contribution in [2.24, 2.45) is 5.11 Å². The van der Waals surface area contributed by atoms with Crippen molar-refractivity contribution < 1.29 is 8.42 Å². The van der Waals surface area contributed by atoms with Gasteiger partial charge in [0.15, 0.2) is 5.03 Å². The first kappa shape index (κ1) is 18.0. The van der Waals surface area contributed by atoms with Crippen molar-refractivity contribution in [1.82, 2.24) is 10.2 Å². The lowest BCUT2D eigenvalue weighted by Gasteiger charge is -2.07. The van der Waals surface area contributed by atoms with Gasteiger partial charge in [-0.15, -0.1) is 0 Å². The van der Waals surface area contributed by atoms with Crippen molar-refractivity contribution in [2.45, 2.75) is 22.8 Å². The minimum absolute atomic E-state index is 0.0933. The summed E-state index contributed by atoms with van der Waals surface area (Å²) in [5.41, 5.74) is 9.93. The molecule has 0 bridgehead atoms. The van der Waals surface area contributed by atoms with Crippen LogP contribution in [0.4, 0.5) is 0 Å². The highest BCUT2D eigenvalue weighted by molar-refractivity contribution is 7.91. The Balaban J connectivity index is 1.80. The van der Waals surface area contributed by atoms with E-state index >= 15 is 0 Å². The lowest BCUT2D eigenvalue weighted by atomic mass is 10.1. The number of hydrogen-bond acceptors (Lipinski definition) is 4. The summed E-state index contributed by atoms with van der Waals surface area (Å²) in [4.78, 5) is 3.00. The highest BCUT2D eigenvalue weighted by Crippen LogP contribution is 2.31. The van der Waals surface area contributed by atoms with E-state index in [4.69, 9.17) is 5.53 Å². The Morgan fingerprint density at radius 1 is 1.04 bits per heavy atom. The smallest absolute Gasteiger partial charge is 0.224 e. The molecule has 0 aliphatic heterocycles. The van der Waals surface area contributed by atoms with Crippen molar-refractivity contribution in [3.63, 3.8) is 0 Å². The van der Waals surface area contributed by atoms with Gasteiger partial charge in [0, 0.05) is 22.2 Å². The van der Waals surface area contributed by atoms with E-state index < -0.39 is 9.84 Å². The maximum absolute atomic E-state index is 13.4. The molecule has 1 N–H and O–H groups in total. The van der Waals surface area contributed by atoms with E-state index in [1.807, 2.05) is 42.5 Å². The van der Waals surface area contributed by atoms with Crippen LogP contribution in [0.3, 0.4) is 0 Å². The molecule has 4 aromatic rings. The minimum atomic E-state index is -3.78. The summed E-state index contributed by atoms with van der Waals surface area (Å²) in [5.74, 6) is 0. The van der Waals surface area contributed by atoms with Gasteiger partial charge >= 0.3 is 0 Å². The van der Waals surface area contributed by atoms with E-state index in [1.54, 1.807) is 18.2 Å². The summed E-state index contributed by atoms with van der Waals surface area (Å²) < 4.78 is 26.8. The van der Waals surface area contributed by atoms with Crippen molar-refractivity contribution >= 4 is 31.5 Å². The van der Waals surface area contributed by atoms with Gasteiger partial charge in [0.1, 0.15) is 0 Å². The highest BCUT2D eigenvalue weighted by Gasteiger charge is 2.25. The van der Waals surface area contributed by atoms with E-state index in [-0.39, 0.29) is 9.92 Å². The molecule has 0 amide bonds. The number of aryl methyl sites for hydroxylation is 1. The molecule has 0 spiro atoms. The van der Waals surface area contributed by atoms with Crippen molar-refractivity contribution in [1.29, 1.82) is 0 Å². The molecule has 3 aromatic carbocycles. The van der Waals surface area contributed by atoms with Gasteiger partial charge in [-0.2, -0.15) is 5.10 Å². The van der Waals surface area contributed by atoms with Gasteiger partial charge in [0.25, 0.3) is 0 Å². The molecule has 0 saturated carbocycles. The molecule has 1 aromatic heterocycles. The number of rotatable bonds is 6. The average Bonchev–Trinajstić information content (AvgIpc) is 3.15. The molecule has 4 rings (SSSR count). The van der Waals surface area contributed by atoms with E-state index in [0.29, 0.717) is 35.7 Å². The number of fused-ring (bicyclic) bond motifs is 2. The lowest BCUT2D eigenvalue weighted by Crippen LogP contribution is -2.04. The number of sulfone groups is 1. The first-order chi connectivity index (χ1) is 13.6. The van der Waals surface area contributed by atoms with Crippen LogP contribution in [0.25, 0.3) is 32.1 Å². The quantitative estimate of drug-likeness (QED) is 0.221. The molecular weight excluding hydrogens is 374 g/mol. The van der Waals surface area contributed by atoms with Gasteiger partial charge in [-0.3, -0.25) is 5.10 Å². The lowest BCUT2D eigenvalue weighted by molar-refractivity contribution is 0.593. The maximum Gasteiger partial charge on any atom is 0.224 e. The summed E-state index contributed by atoms with van der Waals surface area (Å²) in [6.45, 7) is 0.404. The molecule has 28 heavy (non-hydrogen) atoms. The molecule has 0 aliphatic rings. The zero-order valence-corrected chi connectivity index (χ0v) is 15.7. The van der Waals surface area contributed by atoms with E-state index in [0.717, 1.165) is 10.9 Å². The first-order valence-electron chi connectivity index (χ1n) is 8.82. The molecule has 0 saturated heterocycles. The van der Waals surface area contributed by atoms with Gasteiger partial charge in [-0.25, -0.2) is 8.42 Å². The molecule has 0 radical (unpaired) electrons. The SMILES string of the molecule is [N-]=[N+]=NCCCc1ccc2n[nH]c(S(=O)(=O)c3cccc4ccccc34)c2c1. The molecule has 0 atom stereocenters. The van der Waals surface area contributed by atoms with Gasteiger partial charge in [0.2, 0.25) is 9.84 Å². The minimum Gasteiger partial charge on any atom is -0.266 e. The fourth-order valence-corrected chi connectivity index (χ4v) is 4.90. The Morgan fingerprint density at radius 3 is 2.71 bits per heavy atom. The Kier molecular flexibility index (Phi) is 4.73. The molecule has 8 heteroatoms. The number of aromatic nitrogens is 2. The number of nitrogens with zero attached hydrogens (tertiary/aromatic N) is 4. The fraction of sp³-hybridized carbons (Fsp3) is 0.150. The molecule has 1 heterocycles. The predicted octanol–water partition coefficient (Wildman–Crippen LogP) is 4.79. The van der Waals surface area contributed by atoms with E-state index in [9.17, 15) is 8.42 Å². The molecule has 0 fully saturated rings. The summed E-state index contributed by atoms with van der Waals surface area (Å²) in [6, 6.07) is 18.2. The number of H-pyrrole nitrogens is 1. The van der Waals surface area contributed by atoms with E-state index in [1.165, 1.54) is 0 Å². The Morgan fingerprint density at radius 2 is 1.86 bits per heavy atom. The second kappa shape index (κ2) is 7.34. The van der Waals surface area contributed by atoms with Gasteiger partial charge in [0.05, 0.1) is 10.4 Å². The first-order valence-corrected chi connectivity index (χ1v) is 10.3. The Bertz CT molecular complexity index is 1320. The number of azide groups is 1. The van der Waals surface area contributed by atoms with Crippen LogP contribution in [0.5, 0.6) is 0 Å². The molecule has 140 valence electrons. The number of nitrogens with one attached hydrogen (secondary N) is 1. The second-order valence-corrected chi connectivity index (χ2v) is 8.30. The van der Waals surface area contributed by atoms with Crippen LogP contribution in [0.2, 0.25) is 0 Å². The van der Waals surface area contributed by atoms with Crippen LogP contribution in [-0.2, 0) is 16.3 Å². The number of aromatic amines is 1. The summed E-state index contributed by atoms with van der Waals surface area (Å²) in [6.07, 6.45) is 1.38. The van der Waals surface area contributed by atoms with Crippen LogP contribution < -0.4 is 0 Å². The van der Waals surface area contributed by atoms with Crippen molar-refractivity contribution in [3.8, 4) is 0 Å². The van der Waals surface area contributed by atoms with Crippen molar-refractivity contribution in [3.05, 3.63) is 76.7 Å². The zero-order valence-electron chi connectivity index (χ0n) is 14.9. The summed E-state index contributed by atoms with van der Waals surface area (Å²) in [5, 5.41) is 12.6. The third-order valence-electron chi connectivity index (χ3n) is 4.68. The maximum atomic E-state index is 13.4. The molecular formula is C20H17N5O2S. The van der Waals surface area contributed by atoms with Gasteiger partial charge < -0.3 is 0 Å². The monoisotopic (exact) mass is 391 g/mol. The van der Waals surface area contributed by atoms with Gasteiger partial charge in [-0.1, -0.05) is 47.6 Å². The highest BCUT2D eigenvalue weighted by atomic mass is 32.2. The second-order valence-electron chi connectivity index (χ2n) is 6.44. The summed E-state index contributed by atoms with van der Waals surface area (Å²) >= 11 is 0. The van der Waals surface area contributed by atoms with Crippen LogP contribution >= 0.6 is 0 Å². The molecule has 0 unspecified atom stereocenters. The van der Waals surface area contributed by atoms with Crippen LogP contribution in [0, 0.1) is 0 Å². The fourth-order valence-electron chi connectivity index (χ4n) is 3.33. The largest absolute Gasteiger partial charge is 0.266 e. The molecule has 7 nitrogen and oxygen atoms in total. The third kappa shape index (κ3) is 3.19.